The van der Waals surface area contributed by atoms with E-state index in [1.165, 1.54) is 10.9 Å². The van der Waals surface area contributed by atoms with E-state index in [1.54, 1.807) is 35.2 Å². The van der Waals surface area contributed by atoms with E-state index in [-0.39, 0.29) is 24.0 Å². The van der Waals surface area contributed by atoms with Crippen LogP contribution < -0.4 is 15.0 Å². The SMILES string of the molecule is CCOc1cc(C)c(-c2nc3ccccc3c(=O)n2N=Cc2cc(Cl)ccc2OCC(=O)N2CCOCC2)cc1C(C)C. The molecule has 1 aromatic heterocycles. The molecule has 0 bridgehead atoms. The van der Waals surface area contributed by atoms with Crippen LogP contribution in [0.1, 0.15) is 43.4 Å². The van der Waals surface area contributed by atoms with Crippen LogP contribution in [0.4, 0.5) is 0 Å². The highest BCUT2D eigenvalue weighted by Gasteiger charge is 2.20. The van der Waals surface area contributed by atoms with Gasteiger partial charge in [-0.05, 0) is 73.4 Å². The van der Waals surface area contributed by atoms with Gasteiger partial charge in [-0.15, -0.1) is 0 Å². The van der Waals surface area contributed by atoms with Crippen molar-refractivity contribution in [3.63, 3.8) is 0 Å². The van der Waals surface area contributed by atoms with Crippen LogP contribution in [0.3, 0.4) is 0 Å². The summed E-state index contributed by atoms with van der Waals surface area (Å²) in [4.78, 5) is 33.2. The number of fused-ring (bicyclic) bond motifs is 1. The number of rotatable bonds is 9. The van der Waals surface area contributed by atoms with Crippen LogP contribution in [0.2, 0.25) is 5.02 Å². The quantitative estimate of drug-likeness (QED) is 0.229. The van der Waals surface area contributed by atoms with E-state index in [9.17, 15) is 9.59 Å². The molecule has 0 radical (unpaired) electrons. The van der Waals surface area contributed by atoms with Gasteiger partial charge in [0.25, 0.3) is 11.5 Å². The normalized spacial score (nSPS) is 13.7. The van der Waals surface area contributed by atoms with E-state index in [0.29, 0.717) is 66.0 Å². The molecule has 2 heterocycles. The van der Waals surface area contributed by atoms with Gasteiger partial charge in [0, 0.05) is 29.2 Å². The summed E-state index contributed by atoms with van der Waals surface area (Å²) in [7, 11) is 0. The second-order valence-electron chi connectivity index (χ2n) is 10.6. The van der Waals surface area contributed by atoms with Gasteiger partial charge in [-0.1, -0.05) is 37.6 Å². The topological polar surface area (TPSA) is 95.2 Å². The number of nitrogens with zero attached hydrogens (tertiary/aromatic N) is 4. The largest absolute Gasteiger partial charge is 0.494 e. The van der Waals surface area contributed by atoms with Crippen LogP contribution in [0, 0.1) is 6.92 Å². The number of aromatic nitrogens is 2. The summed E-state index contributed by atoms with van der Waals surface area (Å²) >= 11 is 6.33. The molecule has 1 aliphatic rings. The summed E-state index contributed by atoms with van der Waals surface area (Å²) in [6.45, 7) is 10.6. The van der Waals surface area contributed by atoms with Crippen molar-refractivity contribution < 1.29 is 19.0 Å². The number of carbonyl (C=O) groups excluding carboxylic acids is 1. The highest BCUT2D eigenvalue weighted by atomic mass is 35.5. The van der Waals surface area contributed by atoms with Crippen molar-refractivity contribution in [3.05, 3.63) is 86.7 Å². The van der Waals surface area contributed by atoms with Gasteiger partial charge in [-0.25, -0.2) is 4.98 Å². The third-order valence-electron chi connectivity index (χ3n) is 7.27. The zero-order valence-electron chi connectivity index (χ0n) is 24.8. The maximum absolute atomic E-state index is 13.9. The van der Waals surface area contributed by atoms with Crippen molar-refractivity contribution in [2.45, 2.75) is 33.6 Å². The number of hydrogen-bond donors (Lipinski definition) is 0. The van der Waals surface area contributed by atoms with Crippen molar-refractivity contribution in [1.29, 1.82) is 0 Å². The Morgan fingerprint density at radius 3 is 2.60 bits per heavy atom. The van der Waals surface area contributed by atoms with Crippen LogP contribution in [-0.4, -0.2) is 66.2 Å². The molecule has 0 saturated carbocycles. The van der Waals surface area contributed by atoms with Crippen LogP contribution in [0.15, 0.2) is 64.5 Å². The predicted octanol–water partition coefficient (Wildman–Crippen LogP) is 5.67. The van der Waals surface area contributed by atoms with Gasteiger partial charge in [0.05, 0.1) is 36.9 Å². The number of para-hydroxylation sites is 1. The molecule has 4 aromatic rings. The van der Waals surface area contributed by atoms with E-state index in [2.05, 4.69) is 18.9 Å². The number of morpholine rings is 1. The van der Waals surface area contributed by atoms with Gasteiger partial charge >= 0.3 is 0 Å². The molecule has 9 nitrogen and oxygen atoms in total. The van der Waals surface area contributed by atoms with E-state index in [4.69, 9.17) is 30.8 Å². The molecule has 0 unspecified atom stereocenters. The smallest absolute Gasteiger partial charge is 0.282 e. The molecule has 3 aromatic carbocycles. The minimum atomic E-state index is -0.316. The molecule has 0 aliphatic carbocycles. The molecule has 0 spiro atoms. The van der Waals surface area contributed by atoms with Gasteiger partial charge in [0.15, 0.2) is 12.4 Å². The third kappa shape index (κ3) is 6.73. The van der Waals surface area contributed by atoms with Crippen LogP contribution in [-0.2, 0) is 9.53 Å². The minimum Gasteiger partial charge on any atom is -0.494 e. The Morgan fingerprint density at radius 2 is 1.86 bits per heavy atom. The lowest BCUT2D eigenvalue weighted by atomic mass is 9.96. The summed E-state index contributed by atoms with van der Waals surface area (Å²) in [6, 6.07) is 16.3. The van der Waals surface area contributed by atoms with Crippen molar-refractivity contribution >= 4 is 34.6 Å². The van der Waals surface area contributed by atoms with E-state index in [1.807, 2.05) is 38.1 Å². The molecular formula is C33H35ClN4O5. The number of aryl methyl sites for hydroxylation is 1. The second kappa shape index (κ2) is 13.4. The van der Waals surface area contributed by atoms with Crippen LogP contribution in [0.5, 0.6) is 11.5 Å². The van der Waals surface area contributed by atoms with Crippen LogP contribution >= 0.6 is 11.6 Å². The molecule has 224 valence electrons. The molecule has 0 atom stereocenters. The molecule has 0 N–H and O–H groups in total. The first kappa shape index (κ1) is 30.3. The summed E-state index contributed by atoms with van der Waals surface area (Å²) in [6.07, 6.45) is 1.51. The summed E-state index contributed by atoms with van der Waals surface area (Å²) in [5, 5.41) is 5.53. The Labute approximate surface area is 255 Å². The average molecular weight is 603 g/mol. The Bertz CT molecular complexity index is 1730. The Kier molecular flexibility index (Phi) is 9.43. The molecule has 1 saturated heterocycles. The fourth-order valence-electron chi connectivity index (χ4n) is 4.99. The zero-order valence-corrected chi connectivity index (χ0v) is 25.6. The number of hydrogen-bond acceptors (Lipinski definition) is 7. The number of amides is 1. The first-order valence-corrected chi connectivity index (χ1v) is 14.8. The summed E-state index contributed by atoms with van der Waals surface area (Å²) in [5.41, 5.74) is 3.44. The Morgan fingerprint density at radius 1 is 1.09 bits per heavy atom. The lowest BCUT2D eigenvalue weighted by Crippen LogP contribution is -2.43. The Hall–Kier alpha value is -4.21. The predicted molar refractivity (Wildman–Crippen MR) is 169 cm³/mol. The van der Waals surface area contributed by atoms with Crippen molar-refractivity contribution in [3.8, 4) is 22.9 Å². The number of ether oxygens (including phenoxy) is 3. The zero-order chi connectivity index (χ0) is 30.5. The highest BCUT2D eigenvalue weighted by molar-refractivity contribution is 6.30. The molecule has 5 rings (SSSR count). The van der Waals surface area contributed by atoms with Gasteiger partial charge in [-0.3, -0.25) is 9.59 Å². The maximum Gasteiger partial charge on any atom is 0.282 e. The van der Waals surface area contributed by atoms with Crippen molar-refractivity contribution in [2.75, 3.05) is 39.5 Å². The fourth-order valence-corrected chi connectivity index (χ4v) is 5.17. The summed E-state index contributed by atoms with van der Waals surface area (Å²) in [5.74, 6) is 1.66. The lowest BCUT2D eigenvalue weighted by molar-refractivity contribution is -0.137. The standard InChI is InChI=1S/C33H35ClN4O5/c1-5-42-30-16-22(4)27(18-26(30)21(2)3)32-36-28-9-7-6-8-25(28)33(40)38(32)35-19-23-17-24(34)10-11-29(23)43-20-31(39)37-12-14-41-15-13-37/h6-11,16-19,21H,5,12-15,20H2,1-4H3. The van der Waals surface area contributed by atoms with Gasteiger partial charge in [0.2, 0.25) is 0 Å². The number of benzene rings is 3. The molecular weight excluding hydrogens is 568 g/mol. The minimum absolute atomic E-state index is 0.134. The molecule has 1 fully saturated rings. The molecule has 43 heavy (non-hydrogen) atoms. The highest BCUT2D eigenvalue weighted by Crippen LogP contribution is 2.34. The second-order valence-corrected chi connectivity index (χ2v) is 11.0. The summed E-state index contributed by atoms with van der Waals surface area (Å²) < 4.78 is 18.5. The lowest BCUT2D eigenvalue weighted by Gasteiger charge is -2.26. The van der Waals surface area contributed by atoms with Gasteiger partial charge < -0.3 is 19.1 Å². The van der Waals surface area contributed by atoms with Crippen molar-refractivity contribution in [1.82, 2.24) is 14.6 Å². The third-order valence-corrected chi connectivity index (χ3v) is 7.51. The van der Waals surface area contributed by atoms with E-state index >= 15 is 0 Å². The van der Waals surface area contributed by atoms with Gasteiger partial charge in [-0.2, -0.15) is 9.78 Å². The molecule has 1 aliphatic heterocycles. The fraction of sp³-hybridized carbons (Fsp3) is 0.333. The average Bonchev–Trinajstić information content (AvgIpc) is 3.00. The molecule has 10 heteroatoms. The van der Waals surface area contributed by atoms with E-state index < -0.39 is 0 Å². The maximum atomic E-state index is 13.9. The monoisotopic (exact) mass is 602 g/mol. The number of carbonyl (C=O) groups is 1. The van der Waals surface area contributed by atoms with Gasteiger partial charge in [0.1, 0.15) is 11.5 Å². The number of halogens is 1. The molecule has 1 amide bonds. The van der Waals surface area contributed by atoms with Crippen LogP contribution in [0.25, 0.3) is 22.3 Å². The van der Waals surface area contributed by atoms with Crippen molar-refractivity contribution in [2.24, 2.45) is 5.10 Å². The Balaban J connectivity index is 1.58. The van der Waals surface area contributed by atoms with E-state index in [0.717, 1.165) is 22.4 Å². The first-order valence-electron chi connectivity index (χ1n) is 14.4. The first-order chi connectivity index (χ1) is 20.8.